The van der Waals surface area contributed by atoms with Crippen LogP contribution < -0.4 is 5.56 Å². The Hall–Kier alpha value is -1.70. The molecule has 0 aliphatic heterocycles. The van der Waals surface area contributed by atoms with Crippen LogP contribution >= 0.6 is 23.1 Å². The number of aromatic nitrogens is 3. The summed E-state index contributed by atoms with van der Waals surface area (Å²) in [6, 6.07) is 7.39. The van der Waals surface area contributed by atoms with Crippen molar-refractivity contribution in [2.24, 2.45) is 7.05 Å². The topological polar surface area (TPSA) is 68.0 Å². The zero-order valence-electron chi connectivity index (χ0n) is 11.5. The van der Waals surface area contributed by atoms with Gasteiger partial charge in [-0.25, -0.2) is 9.97 Å². The van der Waals surface area contributed by atoms with Crippen molar-refractivity contribution < 1.29 is 5.11 Å². The van der Waals surface area contributed by atoms with Crippen LogP contribution in [-0.4, -0.2) is 25.9 Å². The van der Waals surface area contributed by atoms with E-state index in [1.54, 1.807) is 7.05 Å². The minimum Gasteiger partial charge on any atom is -0.392 e. The number of fused-ring (bicyclic) bond motifs is 1. The normalized spacial score (nSPS) is 11.2. The smallest absolute Gasteiger partial charge is 0.280 e. The van der Waals surface area contributed by atoms with Crippen LogP contribution in [0.3, 0.4) is 0 Å². The van der Waals surface area contributed by atoms with E-state index in [9.17, 15) is 9.90 Å². The Morgan fingerprint density at radius 1 is 1.38 bits per heavy atom. The number of aliphatic hydroxyl groups is 1. The molecule has 0 bridgehead atoms. The van der Waals surface area contributed by atoms with Gasteiger partial charge >= 0.3 is 0 Å². The highest BCUT2D eigenvalue weighted by atomic mass is 32.2. The van der Waals surface area contributed by atoms with Crippen LogP contribution in [0.1, 0.15) is 5.56 Å². The summed E-state index contributed by atoms with van der Waals surface area (Å²) in [5.41, 5.74) is 1.85. The number of rotatable bonds is 3. The molecule has 0 amide bonds. The Bertz CT molecular complexity index is 870. The molecular weight excluding hydrogens is 306 g/mol. The van der Waals surface area contributed by atoms with E-state index >= 15 is 0 Å². The lowest BCUT2D eigenvalue weighted by Crippen LogP contribution is -2.20. The first kappa shape index (κ1) is 14.2. The molecule has 7 heteroatoms. The summed E-state index contributed by atoms with van der Waals surface area (Å²) in [4.78, 5) is 21.9. The lowest BCUT2D eigenvalue weighted by molar-refractivity contribution is 0.282. The molecule has 3 aromatic rings. The number of thiazole rings is 1. The van der Waals surface area contributed by atoms with Crippen LogP contribution in [-0.2, 0) is 13.7 Å². The highest BCUT2D eigenvalue weighted by Gasteiger charge is 2.14. The Morgan fingerprint density at radius 3 is 2.90 bits per heavy atom. The molecule has 5 nitrogen and oxygen atoms in total. The van der Waals surface area contributed by atoms with Crippen molar-refractivity contribution in [3.63, 3.8) is 0 Å². The number of nitrogens with zero attached hydrogens (tertiary/aromatic N) is 3. The van der Waals surface area contributed by atoms with E-state index in [4.69, 9.17) is 0 Å². The van der Waals surface area contributed by atoms with Crippen molar-refractivity contribution in [3.05, 3.63) is 40.2 Å². The van der Waals surface area contributed by atoms with Gasteiger partial charge in [0, 0.05) is 12.6 Å². The lowest BCUT2D eigenvalue weighted by Gasteiger charge is -2.08. The average molecular weight is 319 g/mol. The fourth-order valence-corrected chi connectivity index (χ4v) is 3.51. The lowest BCUT2D eigenvalue weighted by atomic mass is 10.1. The first-order valence-electron chi connectivity index (χ1n) is 6.25. The maximum Gasteiger partial charge on any atom is 0.280 e. The molecule has 0 aliphatic rings. The van der Waals surface area contributed by atoms with Crippen molar-refractivity contribution in [1.82, 2.24) is 14.5 Å². The molecular formula is C14H13N3O2S2. The molecule has 0 aliphatic carbocycles. The number of benzene rings is 1. The largest absolute Gasteiger partial charge is 0.392 e. The van der Waals surface area contributed by atoms with Crippen molar-refractivity contribution >= 4 is 33.4 Å². The number of hydrogen-bond acceptors (Lipinski definition) is 6. The summed E-state index contributed by atoms with van der Waals surface area (Å²) < 4.78 is 2.33. The fraction of sp³-hybridized carbons (Fsp3) is 0.214. The van der Waals surface area contributed by atoms with Crippen LogP contribution in [0.5, 0.6) is 0 Å². The van der Waals surface area contributed by atoms with E-state index in [1.165, 1.54) is 27.7 Å². The summed E-state index contributed by atoms with van der Waals surface area (Å²) >= 11 is 2.92. The average Bonchev–Trinajstić information content (AvgIpc) is 2.94. The first-order valence-corrected chi connectivity index (χ1v) is 8.30. The molecule has 0 saturated heterocycles. The summed E-state index contributed by atoms with van der Waals surface area (Å²) in [5, 5.41) is 9.24. The highest BCUT2D eigenvalue weighted by Crippen LogP contribution is 2.27. The predicted molar refractivity (Wildman–Crippen MR) is 85.8 cm³/mol. The number of hydrogen-bond donors (Lipinski definition) is 1. The van der Waals surface area contributed by atoms with E-state index in [1.807, 2.05) is 30.5 Å². The van der Waals surface area contributed by atoms with Gasteiger partial charge in [-0.2, -0.15) is 0 Å². The van der Waals surface area contributed by atoms with Crippen LogP contribution in [0.2, 0.25) is 0 Å². The third kappa shape index (κ3) is 2.48. The molecule has 3 rings (SSSR count). The second-order valence-corrected chi connectivity index (χ2v) is 6.53. The van der Waals surface area contributed by atoms with Crippen LogP contribution in [0.15, 0.2) is 33.4 Å². The molecule has 21 heavy (non-hydrogen) atoms. The SMILES string of the molecule is CSc1nc2c(=O)n(C)c(-c3cccc(CO)c3)nc2s1. The Balaban J connectivity index is 2.27. The van der Waals surface area contributed by atoms with Gasteiger partial charge in [0.05, 0.1) is 6.61 Å². The molecule has 0 spiro atoms. The van der Waals surface area contributed by atoms with Gasteiger partial charge in [-0.3, -0.25) is 9.36 Å². The summed E-state index contributed by atoms with van der Waals surface area (Å²) in [5.74, 6) is 0.583. The van der Waals surface area contributed by atoms with Gasteiger partial charge < -0.3 is 5.11 Å². The second-order valence-electron chi connectivity index (χ2n) is 4.50. The molecule has 1 aromatic carbocycles. The van der Waals surface area contributed by atoms with Crippen LogP contribution in [0.4, 0.5) is 0 Å². The summed E-state index contributed by atoms with van der Waals surface area (Å²) in [6.07, 6.45) is 1.92. The maximum atomic E-state index is 12.4. The number of aliphatic hydroxyl groups excluding tert-OH is 1. The molecule has 0 fully saturated rings. The Labute approximate surface area is 129 Å². The molecule has 0 unspecified atom stereocenters. The molecule has 108 valence electrons. The molecule has 1 N–H and O–H groups in total. The summed E-state index contributed by atoms with van der Waals surface area (Å²) in [7, 11) is 1.69. The Morgan fingerprint density at radius 2 is 2.19 bits per heavy atom. The standard InChI is InChI=1S/C14H13N3O2S2/c1-17-11(9-5-3-4-8(6-9)7-18)16-12-10(13(17)19)15-14(20-2)21-12/h3-6,18H,7H2,1-2H3. The van der Waals surface area contributed by atoms with Gasteiger partial charge in [0.1, 0.15) is 5.82 Å². The van der Waals surface area contributed by atoms with Gasteiger partial charge in [-0.1, -0.05) is 41.3 Å². The van der Waals surface area contributed by atoms with E-state index in [0.29, 0.717) is 16.2 Å². The third-order valence-electron chi connectivity index (χ3n) is 3.16. The fourth-order valence-electron chi connectivity index (χ4n) is 2.09. The van der Waals surface area contributed by atoms with Crippen molar-refractivity contribution in [3.8, 4) is 11.4 Å². The zero-order valence-corrected chi connectivity index (χ0v) is 13.2. The number of thioether (sulfide) groups is 1. The van der Waals surface area contributed by atoms with E-state index in [2.05, 4.69) is 9.97 Å². The van der Waals surface area contributed by atoms with Gasteiger partial charge in [0.2, 0.25) is 0 Å². The van der Waals surface area contributed by atoms with E-state index in [0.717, 1.165) is 15.5 Å². The van der Waals surface area contributed by atoms with E-state index in [-0.39, 0.29) is 12.2 Å². The predicted octanol–water partition coefficient (Wildman–Crippen LogP) is 2.27. The maximum absolute atomic E-state index is 12.4. The molecule has 0 radical (unpaired) electrons. The monoisotopic (exact) mass is 319 g/mol. The van der Waals surface area contributed by atoms with Gasteiger partial charge in [0.15, 0.2) is 14.7 Å². The van der Waals surface area contributed by atoms with Crippen molar-refractivity contribution in [2.45, 2.75) is 10.9 Å². The Kier molecular flexibility index (Phi) is 3.79. The zero-order chi connectivity index (χ0) is 15.0. The van der Waals surface area contributed by atoms with E-state index < -0.39 is 0 Å². The van der Waals surface area contributed by atoms with Gasteiger partial charge in [0.25, 0.3) is 5.56 Å². The van der Waals surface area contributed by atoms with Gasteiger partial charge in [-0.15, -0.1) is 0 Å². The quantitative estimate of drug-likeness (QED) is 0.750. The van der Waals surface area contributed by atoms with Crippen LogP contribution in [0.25, 0.3) is 21.7 Å². The van der Waals surface area contributed by atoms with Crippen molar-refractivity contribution in [1.29, 1.82) is 0 Å². The molecule has 2 heterocycles. The third-order valence-corrected chi connectivity index (χ3v) is 5.10. The van der Waals surface area contributed by atoms with Crippen molar-refractivity contribution in [2.75, 3.05) is 6.26 Å². The van der Waals surface area contributed by atoms with Crippen LogP contribution in [0, 0.1) is 0 Å². The summed E-state index contributed by atoms with van der Waals surface area (Å²) in [6.45, 7) is -0.0405. The second kappa shape index (κ2) is 5.59. The minimum absolute atomic E-state index is 0.0405. The highest BCUT2D eigenvalue weighted by molar-refractivity contribution is 8.00. The molecule has 0 atom stereocenters. The first-order chi connectivity index (χ1) is 10.1. The molecule has 0 saturated carbocycles. The molecule has 2 aromatic heterocycles. The minimum atomic E-state index is -0.152. The van der Waals surface area contributed by atoms with Gasteiger partial charge in [-0.05, 0) is 17.9 Å².